The predicted octanol–water partition coefficient (Wildman–Crippen LogP) is 5.15. The largest absolute Gasteiger partial charge is 0.478 e. The first-order valence-electron chi connectivity index (χ1n) is 5.08. The minimum Gasteiger partial charge on any atom is -0.478 e. The van der Waals surface area contributed by atoms with Gasteiger partial charge < -0.3 is 5.11 Å². The fourth-order valence-electron chi connectivity index (χ4n) is 1.75. The monoisotopic (exact) mass is 318 g/mol. The molecule has 2 rings (SSSR count). The summed E-state index contributed by atoms with van der Waals surface area (Å²) in [5, 5.41) is 9.72. The van der Waals surface area contributed by atoms with Crippen molar-refractivity contribution in [3.63, 3.8) is 0 Å². The lowest BCUT2D eigenvalue weighted by Crippen LogP contribution is -2.03. The van der Waals surface area contributed by atoms with E-state index in [9.17, 15) is 9.18 Å². The van der Waals surface area contributed by atoms with E-state index < -0.39 is 17.3 Å². The number of carboxylic acid groups (broad SMARTS) is 1. The van der Waals surface area contributed by atoms with Gasteiger partial charge in [0, 0.05) is 16.1 Å². The summed E-state index contributed by atoms with van der Waals surface area (Å²) in [5.74, 6) is -2.25. The van der Waals surface area contributed by atoms with Crippen molar-refractivity contribution in [2.24, 2.45) is 0 Å². The summed E-state index contributed by atoms with van der Waals surface area (Å²) in [6.07, 6.45) is 0. The Morgan fingerprint density at radius 3 is 2.21 bits per heavy atom. The topological polar surface area (TPSA) is 37.3 Å². The van der Waals surface area contributed by atoms with Crippen molar-refractivity contribution in [1.29, 1.82) is 0 Å². The molecule has 0 saturated heterocycles. The third-order valence-corrected chi connectivity index (χ3v) is 3.32. The van der Waals surface area contributed by atoms with E-state index in [1.807, 2.05) is 0 Å². The first-order chi connectivity index (χ1) is 8.91. The highest BCUT2D eigenvalue weighted by Crippen LogP contribution is 2.39. The highest BCUT2D eigenvalue weighted by Gasteiger charge is 2.20. The van der Waals surface area contributed by atoms with Crippen molar-refractivity contribution >= 4 is 40.8 Å². The number of carbonyl (C=O) groups is 1. The molecule has 1 N–H and O–H groups in total. The van der Waals surface area contributed by atoms with Crippen LogP contribution in [-0.2, 0) is 0 Å². The minimum absolute atomic E-state index is 0.110. The van der Waals surface area contributed by atoms with Gasteiger partial charge in [0.05, 0.1) is 10.0 Å². The van der Waals surface area contributed by atoms with Crippen LogP contribution in [0.1, 0.15) is 10.4 Å². The molecule has 0 fully saturated rings. The van der Waals surface area contributed by atoms with E-state index in [0.717, 1.165) is 6.07 Å². The zero-order chi connectivity index (χ0) is 14.2. The Balaban J connectivity index is 2.80. The van der Waals surface area contributed by atoms with Gasteiger partial charge in [-0.15, -0.1) is 0 Å². The number of halogens is 4. The predicted molar refractivity (Wildman–Crippen MR) is 73.8 cm³/mol. The standard InChI is InChI=1S/C13H6Cl3FO2/c14-6-4-8(15)11(9(16)5-6)7-2-1-3-10(17)12(7)13(18)19/h1-5H,(H,18,19). The fourth-order valence-corrected chi connectivity index (χ4v) is 2.77. The molecule has 0 aliphatic rings. The van der Waals surface area contributed by atoms with Gasteiger partial charge in [0.25, 0.3) is 0 Å². The molecule has 0 aliphatic heterocycles. The first-order valence-corrected chi connectivity index (χ1v) is 6.22. The second-order valence-corrected chi connectivity index (χ2v) is 4.96. The summed E-state index contributed by atoms with van der Waals surface area (Å²) >= 11 is 17.8. The SMILES string of the molecule is O=C(O)c1c(F)cccc1-c1c(Cl)cc(Cl)cc1Cl. The maximum Gasteiger partial charge on any atom is 0.339 e. The Morgan fingerprint density at radius 1 is 1.11 bits per heavy atom. The average Bonchev–Trinajstić information content (AvgIpc) is 2.26. The van der Waals surface area contributed by atoms with E-state index in [0.29, 0.717) is 5.02 Å². The third-order valence-electron chi connectivity index (χ3n) is 2.50. The lowest BCUT2D eigenvalue weighted by molar-refractivity contribution is 0.0693. The van der Waals surface area contributed by atoms with Gasteiger partial charge in [0.1, 0.15) is 11.4 Å². The van der Waals surface area contributed by atoms with E-state index in [2.05, 4.69) is 0 Å². The third kappa shape index (κ3) is 2.68. The number of benzene rings is 2. The van der Waals surface area contributed by atoms with Gasteiger partial charge in [0.2, 0.25) is 0 Å². The van der Waals surface area contributed by atoms with Crippen LogP contribution < -0.4 is 0 Å². The molecule has 98 valence electrons. The first kappa shape index (κ1) is 14.1. The molecule has 19 heavy (non-hydrogen) atoms. The van der Waals surface area contributed by atoms with Crippen molar-refractivity contribution in [1.82, 2.24) is 0 Å². The van der Waals surface area contributed by atoms with Crippen molar-refractivity contribution in [2.75, 3.05) is 0 Å². The fraction of sp³-hybridized carbons (Fsp3) is 0. The second-order valence-electron chi connectivity index (χ2n) is 3.71. The van der Waals surface area contributed by atoms with E-state index in [1.54, 1.807) is 0 Å². The van der Waals surface area contributed by atoms with Crippen molar-refractivity contribution in [3.05, 3.63) is 56.8 Å². The van der Waals surface area contributed by atoms with Gasteiger partial charge in [-0.3, -0.25) is 0 Å². The molecule has 0 amide bonds. The molecule has 0 aliphatic carbocycles. The van der Waals surface area contributed by atoms with Gasteiger partial charge in [-0.05, 0) is 18.2 Å². The summed E-state index contributed by atoms with van der Waals surface area (Å²) in [6, 6.07) is 6.72. The van der Waals surface area contributed by atoms with Crippen LogP contribution in [0.5, 0.6) is 0 Å². The molecule has 0 spiro atoms. The molecule has 2 aromatic rings. The Kier molecular flexibility index (Phi) is 3.99. The van der Waals surface area contributed by atoms with Crippen LogP contribution in [0.3, 0.4) is 0 Å². The summed E-state index contributed by atoms with van der Waals surface area (Å²) in [6.45, 7) is 0. The van der Waals surface area contributed by atoms with Crippen LogP contribution >= 0.6 is 34.8 Å². The van der Waals surface area contributed by atoms with Crippen LogP contribution in [0.2, 0.25) is 15.1 Å². The van der Waals surface area contributed by atoms with E-state index >= 15 is 0 Å². The van der Waals surface area contributed by atoms with Crippen LogP contribution in [0, 0.1) is 5.82 Å². The number of hydrogen-bond donors (Lipinski definition) is 1. The molecule has 0 aromatic heterocycles. The quantitative estimate of drug-likeness (QED) is 0.831. The molecule has 2 nitrogen and oxygen atoms in total. The van der Waals surface area contributed by atoms with Gasteiger partial charge >= 0.3 is 5.97 Å². The van der Waals surface area contributed by atoms with Crippen LogP contribution in [0.25, 0.3) is 11.1 Å². The minimum atomic E-state index is -1.39. The normalized spacial score (nSPS) is 10.5. The Bertz CT molecular complexity index is 648. The van der Waals surface area contributed by atoms with Crippen LogP contribution in [0.4, 0.5) is 4.39 Å². The Hall–Kier alpha value is -1.29. The molecule has 6 heteroatoms. The summed E-state index contributed by atoms with van der Waals surface area (Å²) < 4.78 is 13.6. The van der Waals surface area contributed by atoms with Gasteiger partial charge in [-0.1, -0.05) is 46.9 Å². The van der Waals surface area contributed by atoms with Crippen molar-refractivity contribution in [2.45, 2.75) is 0 Å². The molecule has 0 unspecified atom stereocenters. The lowest BCUT2D eigenvalue weighted by atomic mass is 9.99. The lowest BCUT2D eigenvalue weighted by Gasteiger charge is -2.11. The van der Waals surface area contributed by atoms with Crippen LogP contribution in [0.15, 0.2) is 30.3 Å². The molecule has 0 bridgehead atoms. The summed E-state index contributed by atoms with van der Waals surface area (Å²) in [5.41, 5.74) is -0.127. The number of hydrogen-bond acceptors (Lipinski definition) is 1. The van der Waals surface area contributed by atoms with Gasteiger partial charge in [0.15, 0.2) is 0 Å². The summed E-state index contributed by atoms with van der Waals surface area (Å²) in [4.78, 5) is 11.2. The molecule has 2 aromatic carbocycles. The molecular formula is C13H6Cl3FO2. The Labute approximate surface area is 123 Å². The van der Waals surface area contributed by atoms with Gasteiger partial charge in [-0.2, -0.15) is 0 Å². The molecule has 0 atom stereocenters. The molecule has 0 saturated carbocycles. The van der Waals surface area contributed by atoms with Gasteiger partial charge in [-0.25, -0.2) is 9.18 Å². The van der Waals surface area contributed by atoms with Crippen molar-refractivity contribution < 1.29 is 14.3 Å². The maximum atomic E-state index is 13.6. The highest BCUT2D eigenvalue weighted by molar-refractivity contribution is 6.42. The average molecular weight is 320 g/mol. The smallest absolute Gasteiger partial charge is 0.339 e. The Morgan fingerprint density at radius 2 is 1.68 bits per heavy atom. The number of rotatable bonds is 2. The van der Waals surface area contributed by atoms with Crippen molar-refractivity contribution in [3.8, 4) is 11.1 Å². The second kappa shape index (κ2) is 5.37. The highest BCUT2D eigenvalue weighted by atomic mass is 35.5. The number of aromatic carboxylic acids is 1. The zero-order valence-electron chi connectivity index (χ0n) is 9.25. The zero-order valence-corrected chi connectivity index (χ0v) is 11.5. The van der Waals surface area contributed by atoms with Crippen LogP contribution in [-0.4, -0.2) is 11.1 Å². The van der Waals surface area contributed by atoms with E-state index in [4.69, 9.17) is 39.9 Å². The summed E-state index contributed by atoms with van der Waals surface area (Å²) in [7, 11) is 0. The molecule has 0 heterocycles. The van der Waals surface area contributed by atoms with E-state index in [-0.39, 0.29) is 21.2 Å². The molecule has 0 radical (unpaired) electrons. The molecular weight excluding hydrogens is 313 g/mol. The maximum absolute atomic E-state index is 13.6. The number of carboxylic acids is 1. The van der Waals surface area contributed by atoms with E-state index in [1.165, 1.54) is 24.3 Å².